The Balaban J connectivity index is 2.17. The van der Waals surface area contributed by atoms with Crippen LogP contribution in [0, 0.1) is 0 Å². The first-order valence-corrected chi connectivity index (χ1v) is 6.92. The topological polar surface area (TPSA) is 45.4 Å². The Hall–Kier alpha value is -1.50. The van der Waals surface area contributed by atoms with Crippen molar-refractivity contribution in [3.05, 3.63) is 18.0 Å². The molecule has 1 aliphatic rings. The van der Waals surface area contributed by atoms with E-state index in [4.69, 9.17) is 5.73 Å². The fourth-order valence-electron chi connectivity index (χ4n) is 2.50. The maximum Gasteiger partial charge on any atom is 0.433 e. The molecule has 0 aromatic carbocycles. The normalized spacial score (nSPS) is 18.1. The van der Waals surface area contributed by atoms with Crippen LogP contribution in [0.25, 0.3) is 0 Å². The lowest BCUT2D eigenvalue weighted by atomic mass is 10.0. The minimum Gasteiger partial charge on any atom is -0.396 e. The third-order valence-corrected chi connectivity index (χ3v) is 3.77. The number of alkyl halides is 3. The molecule has 0 bridgehead atoms. The summed E-state index contributed by atoms with van der Waals surface area (Å²) < 4.78 is 38.3. The van der Waals surface area contributed by atoms with Crippen molar-refractivity contribution < 1.29 is 13.2 Å². The van der Waals surface area contributed by atoms with E-state index in [1.54, 1.807) is 0 Å². The molecular formula is C14H21F3N4. The van der Waals surface area contributed by atoms with Crippen LogP contribution >= 0.6 is 0 Å². The van der Waals surface area contributed by atoms with Gasteiger partial charge in [-0.25, -0.2) is 4.98 Å². The lowest BCUT2D eigenvalue weighted by Crippen LogP contribution is -2.53. The quantitative estimate of drug-likeness (QED) is 0.866. The summed E-state index contributed by atoms with van der Waals surface area (Å²) in [4.78, 5) is 7.58. The number of hydrogen-bond donors (Lipinski definition) is 1. The average molecular weight is 302 g/mol. The van der Waals surface area contributed by atoms with Crippen molar-refractivity contribution in [3.8, 4) is 0 Å². The van der Waals surface area contributed by atoms with Gasteiger partial charge in [-0.15, -0.1) is 0 Å². The fraction of sp³-hybridized carbons (Fsp3) is 0.643. The van der Waals surface area contributed by atoms with Gasteiger partial charge >= 0.3 is 6.18 Å². The van der Waals surface area contributed by atoms with Crippen molar-refractivity contribution in [3.63, 3.8) is 0 Å². The predicted octanol–water partition coefficient (Wildman–Crippen LogP) is 2.60. The van der Waals surface area contributed by atoms with Crippen LogP contribution in [-0.4, -0.2) is 41.6 Å². The van der Waals surface area contributed by atoms with Gasteiger partial charge in [0.1, 0.15) is 5.69 Å². The molecule has 0 aliphatic carbocycles. The lowest BCUT2D eigenvalue weighted by molar-refractivity contribution is -0.141. The maximum absolute atomic E-state index is 12.8. The summed E-state index contributed by atoms with van der Waals surface area (Å²) in [6, 6.07) is 1.04. The molecule has 21 heavy (non-hydrogen) atoms. The number of anilines is 2. The molecule has 1 aliphatic heterocycles. The number of rotatable bonds is 1. The number of halogens is 3. The molecule has 0 saturated carbocycles. The van der Waals surface area contributed by atoms with Gasteiger partial charge in [0.05, 0.1) is 17.6 Å². The Morgan fingerprint density at radius 1 is 1.10 bits per heavy atom. The summed E-state index contributed by atoms with van der Waals surface area (Å²) in [5.41, 5.74) is 5.67. The molecule has 1 saturated heterocycles. The van der Waals surface area contributed by atoms with Gasteiger partial charge in [0.2, 0.25) is 0 Å². The first-order chi connectivity index (χ1) is 9.59. The molecule has 0 spiro atoms. The summed E-state index contributed by atoms with van der Waals surface area (Å²) >= 11 is 0. The van der Waals surface area contributed by atoms with Crippen molar-refractivity contribution in [1.29, 1.82) is 0 Å². The lowest BCUT2D eigenvalue weighted by Gasteiger charge is -2.43. The molecule has 2 heterocycles. The maximum atomic E-state index is 12.8. The van der Waals surface area contributed by atoms with E-state index in [2.05, 4.69) is 30.7 Å². The second-order valence-corrected chi connectivity index (χ2v) is 6.27. The van der Waals surface area contributed by atoms with Gasteiger partial charge in [0.15, 0.2) is 0 Å². The molecule has 1 aromatic heterocycles. The Morgan fingerprint density at radius 2 is 1.67 bits per heavy atom. The number of aromatic nitrogens is 1. The summed E-state index contributed by atoms with van der Waals surface area (Å²) in [6.45, 7) is 9.30. The van der Waals surface area contributed by atoms with E-state index >= 15 is 0 Å². The van der Waals surface area contributed by atoms with Crippen molar-refractivity contribution in [2.75, 3.05) is 36.8 Å². The summed E-state index contributed by atoms with van der Waals surface area (Å²) in [5.74, 6) is 0. The van der Waals surface area contributed by atoms with Crippen LogP contribution in [0.4, 0.5) is 24.5 Å². The summed E-state index contributed by atoms with van der Waals surface area (Å²) in [5, 5.41) is 0. The third kappa shape index (κ3) is 3.58. The smallest absolute Gasteiger partial charge is 0.396 e. The number of piperazine rings is 1. The van der Waals surface area contributed by atoms with Crippen molar-refractivity contribution >= 4 is 11.4 Å². The van der Waals surface area contributed by atoms with Crippen molar-refractivity contribution in [2.24, 2.45) is 0 Å². The molecule has 118 valence electrons. The summed E-state index contributed by atoms with van der Waals surface area (Å²) in [7, 11) is 0. The Morgan fingerprint density at radius 3 is 2.14 bits per heavy atom. The van der Waals surface area contributed by atoms with E-state index < -0.39 is 11.9 Å². The van der Waals surface area contributed by atoms with Crippen molar-refractivity contribution in [1.82, 2.24) is 9.88 Å². The predicted molar refractivity (Wildman–Crippen MR) is 77.2 cm³/mol. The Bertz CT molecular complexity index is 500. The van der Waals surface area contributed by atoms with Gasteiger partial charge in [-0.3, -0.25) is 4.90 Å². The standard InChI is InChI=1S/C14H21F3N4/c1-13(2,3)21-6-4-20(5-7-21)11-8-12(14(15,16)17)19-9-10(11)18/h8-9H,4-7,18H2,1-3H3. The number of pyridine rings is 1. The fourth-order valence-corrected chi connectivity index (χ4v) is 2.50. The Kier molecular flexibility index (Phi) is 4.06. The number of nitrogens with two attached hydrogens (primary N) is 1. The average Bonchev–Trinajstić information content (AvgIpc) is 2.37. The van der Waals surface area contributed by atoms with Crippen LogP contribution in [0.2, 0.25) is 0 Å². The monoisotopic (exact) mass is 302 g/mol. The van der Waals surface area contributed by atoms with Crippen LogP contribution in [0.15, 0.2) is 12.3 Å². The van der Waals surface area contributed by atoms with E-state index in [1.165, 1.54) is 0 Å². The SMILES string of the molecule is CC(C)(C)N1CCN(c2cc(C(F)(F)F)ncc2N)CC1. The molecule has 0 amide bonds. The molecule has 1 aromatic rings. The highest BCUT2D eigenvalue weighted by Crippen LogP contribution is 2.33. The molecule has 2 N–H and O–H groups in total. The largest absolute Gasteiger partial charge is 0.433 e. The highest BCUT2D eigenvalue weighted by atomic mass is 19.4. The van der Waals surface area contributed by atoms with E-state index in [0.717, 1.165) is 25.4 Å². The van der Waals surface area contributed by atoms with E-state index in [9.17, 15) is 13.2 Å². The minimum atomic E-state index is -4.45. The van der Waals surface area contributed by atoms with E-state index in [0.29, 0.717) is 18.8 Å². The Labute approximate surface area is 122 Å². The van der Waals surface area contributed by atoms with Gasteiger partial charge in [-0.1, -0.05) is 0 Å². The van der Waals surface area contributed by atoms with E-state index in [1.807, 2.05) is 4.90 Å². The molecule has 1 fully saturated rings. The van der Waals surface area contributed by atoms with Gasteiger partial charge in [-0.05, 0) is 26.8 Å². The molecule has 0 unspecified atom stereocenters. The number of nitrogens with zero attached hydrogens (tertiary/aromatic N) is 3. The van der Waals surface area contributed by atoms with Gasteiger partial charge in [0.25, 0.3) is 0 Å². The molecule has 2 rings (SSSR count). The third-order valence-electron chi connectivity index (χ3n) is 3.77. The van der Waals surface area contributed by atoms with Crippen molar-refractivity contribution in [2.45, 2.75) is 32.5 Å². The van der Waals surface area contributed by atoms with Crippen LogP contribution in [-0.2, 0) is 6.18 Å². The van der Waals surface area contributed by atoms with Crippen LogP contribution in [0.5, 0.6) is 0 Å². The first-order valence-electron chi connectivity index (χ1n) is 6.92. The van der Waals surface area contributed by atoms with Gasteiger partial charge in [-0.2, -0.15) is 13.2 Å². The molecular weight excluding hydrogens is 281 g/mol. The van der Waals surface area contributed by atoms with Crippen LogP contribution < -0.4 is 10.6 Å². The van der Waals surface area contributed by atoms with Gasteiger partial charge in [0, 0.05) is 31.7 Å². The second kappa shape index (κ2) is 5.36. The molecule has 4 nitrogen and oxygen atoms in total. The second-order valence-electron chi connectivity index (χ2n) is 6.27. The van der Waals surface area contributed by atoms with E-state index in [-0.39, 0.29) is 11.2 Å². The molecule has 0 radical (unpaired) electrons. The first kappa shape index (κ1) is 15.9. The molecule has 0 atom stereocenters. The van der Waals surface area contributed by atoms with Crippen LogP contribution in [0.1, 0.15) is 26.5 Å². The molecule has 7 heteroatoms. The van der Waals surface area contributed by atoms with Gasteiger partial charge < -0.3 is 10.6 Å². The highest BCUT2D eigenvalue weighted by molar-refractivity contribution is 5.67. The highest BCUT2D eigenvalue weighted by Gasteiger charge is 2.34. The van der Waals surface area contributed by atoms with Crippen LogP contribution in [0.3, 0.4) is 0 Å². The summed E-state index contributed by atoms with van der Waals surface area (Å²) in [6.07, 6.45) is -3.36. The minimum absolute atomic E-state index is 0.0625. The number of hydrogen-bond acceptors (Lipinski definition) is 4. The zero-order valence-corrected chi connectivity index (χ0v) is 12.5. The zero-order chi connectivity index (χ0) is 15.8. The zero-order valence-electron chi connectivity index (χ0n) is 12.5. The number of nitrogen functional groups attached to an aromatic ring is 1.